The summed E-state index contributed by atoms with van der Waals surface area (Å²) < 4.78 is 67.1. The molecule has 0 heterocycles. The van der Waals surface area contributed by atoms with E-state index in [4.69, 9.17) is 5.26 Å². The molecule has 1 nitrogen and oxygen atoms in total. The minimum Gasteiger partial charge on any atom is -0.207 e. The first-order valence-electron chi connectivity index (χ1n) is 4.99. The van der Waals surface area contributed by atoms with Gasteiger partial charge in [-0.15, -0.1) is 0 Å². The van der Waals surface area contributed by atoms with Gasteiger partial charge in [0.05, 0.1) is 5.56 Å². The molecule has 0 aromatic heterocycles. The van der Waals surface area contributed by atoms with E-state index in [2.05, 4.69) is 0 Å². The fourth-order valence-electron chi connectivity index (χ4n) is 1.63. The van der Waals surface area contributed by atoms with E-state index in [1.165, 1.54) is 0 Å². The van der Waals surface area contributed by atoms with Crippen LogP contribution in [0.2, 0.25) is 0 Å². The van der Waals surface area contributed by atoms with Gasteiger partial charge >= 0.3 is 0 Å². The van der Waals surface area contributed by atoms with Gasteiger partial charge < -0.3 is 0 Å². The molecule has 0 radical (unpaired) electrons. The smallest absolute Gasteiger partial charge is 0.180 e. The summed E-state index contributed by atoms with van der Waals surface area (Å²) in [6.07, 6.45) is 0. The normalized spacial score (nSPS) is 10.3. The van der Waals surface area contributed by atoms with E-state index < -0.39 is 40.2 Å². The van der Waals surface area contributed by atoms with Gasteiger partial charge in [0.15, 0.2) is 23.3 Å². The van der Waals surface area contributed by atoms with Gasteiger partial charge in [-0.05, 0) is 17.7 Å². The molecule has 0 N–H and O–H groups in total. The Morgan fingerprint density at radius 1 is 0.842 bits per heavy atom. The largest absolute Gasteiger partial charge is 0.207 e. The zero-order chi connectivity index (χ0) is 14.2. The maximum Gasteiger partial charge on any atom is 0.180 e. The molecule has 0 bridgehead atoms. The Labute approximate surface area is 104 Å². The van der Waals surface area contributed by atoms with Gasteiger partial charge in [-0.2, -0.15) is 5.26 Å². The Balaban J connectivity index is 2.83. The van der Waals surface area contributed by atoms with Crippen molar-refractivity contribution in [2.24, 2.45) is 0 Å². The maximum absolute atomic E-state index is 13.7. The Bertz CT molecular complexity index is 674. The number of halogens is 5. The van der Waals surface area contributed by atoms with Crippen molar-refractivity contribution in [2.75, 3.05) is 0 Å². The molecule has 0 spiro atoms. The van der Waals surface area contributed by atoms with Crippen LogP contribution in [0, 0.1) is 40.4 Å². The van der Waals surface area contributed by atoms with Crippen LogP contribution >= 0.6 is 0 Å². The SMILES string of the molecule is N#Cc1c(F)c(F)c(-c2cccc(F)c2)c(F)c1F. The molecule has 2 aromatic rings. The third-order valence-corrected chi connectivity index (χ3v) is 2.49. The molecular formula is C13H4F5N. The molecule has 6 heteroatoms. The maximum atomic E-state index is 13.7. The van der Waals surface area contributed by atoms with Crippen LogP contribution in [-0.2, 0) is 0 Å². The minimum absolute atomic E-state index is 0.364. The van der Waals surface area contributed by atoms with Crippen LogP contribution in [0.15, 0.2) is 24.3 Å². The molecule has 0 fully saturated rings. The summed E-state index contributed by atoms with van der Waals surface area (Å²) in [5.41, 5.74) is -2.76. The Kier molecular flexibility index (Phi) is 3.21. The fourth-order valence-corrected chi connectivity index (χ4v) is 1.63. The third-order valence-electron chi connectivity index (χ3n) is 2.49. The van der Waals surface area contributed by atoms with E-state index in [9.17, 15) is 22.0 Å². The zero-order valence-electron chi connectivity index (χ0n) is 9.15. The predicted octanol–water partition coefficient (Wildman–Crippen LogP) is 3.92. The summed E-state index contributed by atoms with van der Waals surface area (Å²) in [6.45, 7) is 0. The van der Waals surface area contributed by atoms with E-state index in [-0.39, 0.29) is 5.56 Å². The van der Waals surface area contributed by atoms with Crippen LogP contribution in [0.1, 0.15) is 5.56 Å². The van der Waals surface area contributed by atoms with Gasteiger partial charge in [-0.25, -0.2) is 22.0 Å². The third kappa shape index (κ3) is 2.03. The summed E-state index contributed by atoms with van der Waals surface area (Å²) in [5, 5.41) is 8.43. The summed E-state index contributed by atoms with van der Waals surface area (Å²) >= 11 is 0. The van der Waals surface area contributed by atoms with Gasteiger partial charge in [0.25, 0.3) is 0 Å². The standard InChI is InChI=1S/C13H4F5N/c14-7-3-1-2-6(4-7)9-12(17)10(15)8(5-19)11(16)13(9)18/h1-4H. The molecule has 0 saturated carbocycles. The molecule has 0 atom stereocenters. The lowest BCUT2D eigenvalue weighted by Gasteiger charge is -2.08. The molecular weight excluding hydrogens is 265 g/mol. The quantitative estimate of drug-likeness (QED) is 0.568. The average molecular weight is 269 g/mol. The predicted molar refractivity (Wildman–Crippen MR) is 56.4 cm³/mol. The van der Waals surface area contributed by atoms with E-state index >= 15 is 0 Å². The summed E-state index contributed by atoms with van der Waals surface area (Å²) in [4.78, 5) is 0. The lowest BCUT2D eigenvalue weighted by Crippen LogP contribution is -2.03. The minimum atomic E-state index is -1.80. The van der Waals surface area contributed by atoms with E-state index in [1.807, 2.05) is 0 Å². The average Bonchev–Trinajstić information content (AvgIpc) is 2.38. The van der Waals surface area contributed by atoms with Crippen LogP contribution in [0.5, 0.6) is 0 Å². The van der Waals surface area contributed by atoms with Crippen LogP contribution in [-0.4, -0.2) is 0 Å². The first-order chi connectivity index (χ1) is 8.97. The van der Waals surface area contributed by atoms with Crippen molar-refractivity contribution in [2.45, 2.75) is 0 Å². The number of benzene rings is 2. The molecule has 2 rings (SSSR count). The van der Waals surface area contributed by atoms with Gasteiger partial charge in [0.2, 0.25) is 0 Å². The number of nitriles is 1. The van der Waals surface area contributed by atoms with Crippen molar-refractivity contribution in [3.8, 4) is 17.2 Å². The topological polar surface area (TPSA) is 23.8 Å². The van der Waals surface area contributed by atoms with Gasteiger partial charge in [0, 0.05) is 0 Å². The highest BCUT2D eigenvalue weighted by Crippen LogP contribution is 2.32. The first-order valence-corrected chi connectivity index (χ1v) is 4.99. The zero-order valence-corrected chi connectivity index (χ0v) is 9.15. The van der Waals surface area contributed by atoms with Crippen LogP contribution < -0.4 is 0 Å². The summed E-state index contributed by atoms with van der Waals surface area (Å²) in [7, 11) is 0. The van der Waals surface area contributed by atoms with Gasteiger partial charge in [-0.1, -0.05) is 12.1 Å². The highest BCUT2D eigenvalue weighted by atomic mass is 19.2. The summed E-state index contributed by atoms with van der Waals surface area (Å²) in [5.74, 6) is -7.90. The number of nitrogens with zero attached hydrogens (tertiary/aromatic N) is 1. The van der Waals surface area contributed by atoms with Crippen LogP contribution in [0.3, 0.4) is 0 Å². The lowest BCUT2D eigenvalue weighted by atomic mass is 10.0. The second-order valence-corrected chi connectivity index (χ2v) is 3.63. The Morgan fingerprint density at radius 2 is 1.42 bits per heavy atom. The van der Waals surface area contributed by atoms with Crippen molar-refractivity contribution >= 4 is 0 Å². The molecule has 0 unspecified atom stereocenters. The van der Waals surface area contributed by atoms with Crippen LogP contribution in [0.4, 0.5) is 22.0 Å². The second-order valence-electron chi connectivity index (χ2n) is 3.63. The molecule has 0 aliphatic heterocycles. The first kappa shape index (κ1) is 13.0. The molecule has 0 aliphatic rings. The highest BCUT2D eigenvalue weighted by molar-refractivity contribution is 5.66. The Morgan fingerprint density at radius 3 is 1.89 bits per heavy atom. The molecule has 0 saturated heterocycles. The fraction of sp³-hybridized carbons (Fsp3) is 0. The van der Waals surface area contributed by atoms with Crippen molar-refractivity contribution in [1.29, 1.82) is 5.26 Å². The number of hydrogen-bond acceptors (Lipinski definition) is 1. The Hall–Kier alpha value is -2.42. The molecule has 19 heavy (non-hydrogen) atoms. The van der Waals surface area contributed by atoms with Crippen molar-refractivity contribution < 1.29 is 22.0 Å². The molecule has 0 amide bonds. The van der Waals surface area contributed by atoms with Gasteiger partial charge in [0.1, 0.15) is 17.4 Å². The lowest BCUT2D eigenvalue weighted by molar-refractivity contribution is 0.454. The van der Waals surface area contributed by atoms with Crippen molar-refractivity contribution in [3.63, 3.8) is 0 Å². The number of rotatable bonds is 1. The van der Waals surface area contributed by atoms with E-state index in [0.29, 0.717) is 0 Å². The van der Waals surface area contributed by atoms with Crippen molar-refractivity contribution in [3.05, 3.63) is 58.9 Å². The van der Waals surface area contributed by atoms with Gasteiger partial charge in [-0.3, -0.25) is 0 Å². The molecule has 96 valence electrons. The molecule has 2 aromatic carbocycles. The van der Waals surface area contributed by atoms with E-state index in [1.54, 1.807) is 0 Å². The monoisotopic (exact) mass is 269 g/mol. The highest BCUT2D eigenvalue weighted by Gasteiger charge is 2.26. The summed E-state index contributed by atoms with van der Waals surface area (Å²) in [6, 6.07) is 5.00. The van der Waals surface area contributed by atoms with Crippen molar-refractivity contribution in [1.82, 2.24) is 0 Å². The molecule has 0 aliphatic carbocycles. The second kappa shape index (κ2) is 4.69. The van der Waals surface area contributed by atoms with Crippen LogP contribution in [0.25, 0.3) is 11.1 Å². The van der Waals surface area contributed by atoms with E-state index in [0.717, 1.165) is 30.3 Å². The number of hydrogen-bond donors (Lipinski definition) is 0.